The molecule has 0 saturated heterocycles. The fourth-order valence-electron chi connectivity index (χ4n) is 8.72. The summed E-state index contributed by atoms with van der Waals surface area (Å²) in [6.45, 7) is 0. The van der Waals surface area contributed by atoms with Gasteiger partial charge in [-0.15, -0.1) is 0 Å². The molecule has 0 aliphatic rings. The molecule has 0 spiro atoms. The van der Waals surface area contributed by atoms with Gasteiger partial charge in [0.05, 0.1) is 22.1 Å². The number of hydrogen-bond acceptors (Lipinski definition) is 4. The van der Waals surface area contributed by atoms with Crippen LogP contribution in [0.5, 0.6) is 0 Å². The molecule has 8 aromatic carbocycles. The van der Waals surface area contributed by atoms with Gasteiger partial charge in [0.25, 0.3) is 0 Å². The third-order valence-corrected chi connectivity index (χ3v) is 11.2. The monoisotopic (exact) mass is 729 g/mol. The Labute approximate surface area is 326 Å². The average molecular weight is 730 g/mol. The number of benzene rings is 8. The van der Waals surface area contributed by atoms with Crippen LogP contribution in [0.2, 0.25) is 0 Å². The van der Waals surface area contributed by atoms with E-state index >= 15 is 0 Å². The van der Waals surface area contributed by atoms with E-state index in [0.29, 0.717) is 17.5 Å². The third kappa shape index (κ3) is 4.81. The Balaban J connectivity index is 1.12. The van der Waals surface area contributed by atoms with Gasteiger partial charge in [-0.05, 0) is 54.6 Å². The molecule has 0 bridgehead atoms. The molecule has 0 atom stereocenters. The molecule has 6 nitrogen and oxygen atoms in total. The maximum Gasteiger partial charge on any atom is 0.164 e. The Kier molecular flexibility index (Phi) is 6.83. The zero-order valence-electron chi connectivity index (χ0n) is 30.5. The van der Waals surface area contributed by atoms with Crippen LogP contribution in [0.15, 0.2) is 192 Å². The summed E-state index contributed by atoms with van der Waals surface area (Å²) in [5.74, 6) is 1.80. The smallest absolute Gasteiger partial charge is 0.164 e. The predicted octanol–water partition coefficient (Wildman–Crippen LogP) is 13.0. The van der Waals surface area contributed by atoms with Gasteiger partial charge in [-0.1, -0.05) is 133 Å². The summed E-state index contributed by atoms with van der Waals surface area (Å²) >= 11 is 0. The Hall–Kier alpha value is -7.83. The number of rotatable bonds is 5. The number of nitrogens with zero attached hydrogens (tertiary/aromatic N) is 5. The minimum absolute atomic E-state index is 0.591. The highest BCUT2D eigenvalue weighted by molar-refractivity contribution is 6.26. The molecule has 0 N–H and O–H groups in total. The SMILES string of the molecule is c1ccc(-c2nc(-c3cccc(-n4c5ccccc5c5ccc6c(c7ccccc7n6-c6ccccc6)c54)c3)nc(-c3cccc4oc5ccccc5c34)n2)cc1. The van der Waals surface area contributed by atoms with E-state index in [2.05, 4.69) is 137 Å². The first kappa shape index (κ1) is 31.5. The molecule has 12 rings (SSSR count). The minimum Gasteiger partial charge on any atom is -0.456 e. The van der Waals surface area contributed by atoms with Gasteiger partial charge in [-0.2, -0.15) is 0 Å². The summed E-state index contributed by atoms with van der Waals surface area (Å²) in [5, 5.41) is 6.83. The molecule has 0 radical (unpaired) electrons. The first-order valence-electron chi connectivity index (χ1n) is 19.1. The predicted molar refractivity (Wildman–Crippen MR) is 232 cm³/mol. The number of aromatic nitrogens is 5. The zero-order chi connectivity index (χ0) is 37.5. The summed E-state index contributed by atoms with van der Waals surface area (Å²) in [7, 11) is 0. The molecule has 0 unspecified atom stereocenters. The van der Waals surface area contributed by atoms with Crippen LogP contribution in [-0.2, 0) is 0 Å². The third-order valence-electron chi connectivity index (χ3n) is 11.2. The summed E-state index contributed by atoms with van der Waals surface area (Å²) in [5.41, 5.74) is 11.1. The van der Waals surface area contributed by atoms with E-state index in [0.717, 1.165) is 66.6 Å². The van der Waals surface area contributed by atoms with Crippen LogP contribution in [0.1, 0.15) is 0 Å². The maximum absolute atomic E-state index is 6.28. The topological polar surface area (TPSA) is 61.7 Å². The van der Waals surface area contributed by atoms with Crippen LogP contribution < -0.4 is 0 Å². The molecule has 0 aliphatic heterocycles. The fourth-order valence-corrected chi connectivity index (χ4v) is 8.72. The lowest BCUT2D eigenvalue weighted by Crippen LogP contribution is -2.01. The van der Waals surface area contributed by atoms with Crippen LogP contribution in [0.25, 0.3) is 111 Å². The highest BCUT2D eigenvalue weighted by Crippen LogP contribution is 2.42. The van der Waals surface area contributed by atoms with E-state index < -0.39 is 0 Å². The van der Waals surface area contributed by atoms with E-state index in [-0.39, 0.29) is 0 Å². The molecule has 0 fully saturated rings. The van der Waals surface area contributed by atoms with Gasteiger partial charge in [-0.25, -0.2) is 15.0 Å². The maximum atomic E-state index is 6.28. The lowest BCUT2D eigenvalue weighted by molar-refractivity contribution is 0.669. The molecule has 0 aliphatic carbocycles. The Morgan fingerprint density at radius 3 is 1.77 bits per heavy atom. The molecular weight excluding hydrogens is 699 g/mol. The highest BCUT2D eigenvalue weighted by Gasteiger charge is 2.22. The van der Waals surface area contributed by atoms with Gasteiger partial charge in [0.1, 0.15) is 11.2 Å². The molecule has 0 saturated carbocycles. The van der Waals surface area contributed by atoms with E-state index in [9.17, 15) is 0 Å². The first-order chi connectivity index (χ1) is 28.3. The first-order valence-corrected chi connectivity index (χ1v) is 19.1. The standard InChI is InChI=1S/C51H31N5O/c1-3-15-32(16-4-1)49-52-50(54-51(53-49)40-24-14-28-45-46(40)39-23-9-12-27-44(39)57-45)33-17-13-20-35(31-33)56-41-25-10-7-21-36(41)37-29-30-43-47(48(37)56)38-22-8-11-26-42(38)55(43)34-18-5-2-6-19-34/h1-31H. The molecule has 6 heteroatoms. The van der Waals surface area contributed by atoms with Crippen molar-refractivity contribution in [2.24, 2.45) is 0 Å². The van der Waals surface area contributed by atoms with Crippen LogP contribution >= 0.6 is 0 Å². The summed E-state index contributed by atoms with van der Waals surface area (Å²) in [4.78, 5) is 15.5. The zero-order valence-corrected chi connectivity index (χ0v) is 30.5. The van der Waals surface area contributed by atoms with Gasteiger partial charge in [0.2, 0.25) is 0 Å². The second-order valence-corrected chi connectivity index (χ2v) is 14.4. The second kappa shape index (κ2) is 12.3. The van der Waals surface area contributed by atoms with E-state index in [1.165, 1.54) is 27.1 Å². The quantitative estimate of drug-likeness (QED) is 0.177. The molecule has 4 heterocycles. The molecule has 12 aromatic rings. The number of para-hydroxylation sites is 4. The van der Waals surface area contributed by atoms with Crippen molar-refractivity contribution < 1.29 is 4.42 Å². The number of hydrogen-bond donors (Lipinski definition) is 0. The normalized spacial score (nSPS) is 11.9. The van der Waals surface area contributed by atoms with Gasteiger partial charge in [0.15, 0.2) is 17.5 Å². The second-order valence-electron chi connectivity index (χ2n) is 14.4. The number of furan rings is 1. The lowest BCUT2D eigenvalue weighted by atomic mass is 10.1. The molecule has 266 valence electrons. The summed E-state index contributed by atoms with van der Waals surface area (Å²) in [6.07, 6.45) is 0. The van der Waals surface area contributed by atoms with Crippen molar-refractivity contribution in [3.8, 4) is 45.5 Å². The van der Waals surface area contributed by atoms with Crippen LogP contribution in [0.4, 0.5) is 0 Å². The Morgan fingerprint density at radius 1 is 0.351 bits per heavy atom. The highest BCUT2D eigenvalue weighted by atomic mass is 16.3. The van der Waals surface area contributed by atoms with Crippen molar-refractivity contribution in [2.45, 2.75) is 0 Å². The van der Waals surface area contributed by atoms with Gasteiger partial charge < -0.3 is 13.6 Å². The van der Waals surface area contributed by atoms with Crippen molar-refractivity contribution in [3.63, 3.8) is 0 Å². The van der Waals surface area contributed by atoms with Gasteiger partial charge >= 0.3 is 0 Å². The van der Waals surface area contributed by atoms with Crippen LogP contribution in [-0.4, -0.2) is 24.1 Å². The average Bonchev–Trinajstić information content (AvgIpc) is 3.95. The van der Waals surface area contributed by atoms with Crippen molar-refractivity contribution >= 4 is 65.6 Å². The molecule has 57 heavy (non-hydrogen) atoms. The Morgan fingerprint density at radius 2 is 0.947 bits per heavy atom. The minimum atomic E-state index is 0.591. The van der Waals surface area contributed by atoms with Crippen molar-refractivity contribution in [3.05, 3.63) is 188 Å². The Bertz CT molecular complexity index is 3520. The molecule has 0 amide bonds. The molecule has 4 aromatic heterocycles. The molecular formula is C51H31N5O. The largest absolute Gasteiger partial charge is 0.456 e. The number of fused-ring (bicyclic) bond motifs is 10. The van der Waals surface area contributed by atoms with E-state index in [4.69, 9.17) is 19.4 Å². The van der Waals surface area contributed by atoms with Crippen molar-refractivity contribution in [2.75, 3.05) is 0 Å². The lowest BCUT2D eigenvalue weighted by Gasteiger charge is -2.12. The summed E-state index contributed by atoms with van der Waals surface area (Å²) in [6, 6.07) is 65.5. The van der Waals surface area contributed by atoms with Crippen molar-refractivity contribution in [1.29, 1.82) is 0 Å². The van der Waals surface area contributed by atoms with Crippen LogP contribution in [0, 0.1) is 0 Å². The van der Waals surface area contributed by atoms with E-state index in [1.807, 2.05) is 60.7 Å². The van der Waals surface area contributed by atoms with Crippen LogP contribution in [0.3, 0.4) is 0 Å². The van der Waals surface area contributed by atoms with Gasteiger partial charge in [0, 0.05) is 60.4 Å². The fraction of sp³-hybridized carbons (Fsp3) is 0. The van der Waals surface area contributed by atoms with E-state index in [1.54, 1.807) is 0 Å². The van der Waals surface area contributed by atoms with Crippen molar-refractivity contribution in [1.82, 2.24) is 24.1 Å². The summed E-state index contributed by atoms with van der Waals surface area (Å²) < 4.78 is 11.1. The van der Waals surface area contributed by atoms with Gasteiger partial charge in [-0.3, -0.25) is 0 Å².